The molecule has 0 bridgehead atoms. The Hall–Kier alpha value is -5.79. The molecule has 328 valence electrons. The number of likely N-dealkylation sites (tertiary alicyclic amines) is 1. The van der Waals surface area contributed by atoms with Gasteiger partial charge in [-0.1, -0.05) is 0 Å². The third kappa shape index (κ3) is 7.48. The quantitative estimate of drug-likeness (QED) is 0.143. The summed E-state index contributed by atoms with van der Waals surface area (Å²) in [6.07, 6.45) is 2.67. The van der Waals surface area contributed by atoms with Gasteiger partial charge in [0, 0.05) is 55.8 Å². The number of carbonyl (C=O) groups is 3. The average Bonchev–Trinajstić information content (AvgIpc) is 3.77. The third-order valence-corrected chi connectivity index (χ3v) is 13.5. The molecule has 20 heteroatoms. The number of aryl methyl sites for hydroxylation is 1. The minimum Gasteiger partial charge on any atom is -0.367 e. The standard InChI is InChI=1S/C42H44F6N10O4/c1-54-36-31(58(39(54)62)32-10-11-34(59)52-38(32)61)9-7-28(43)35(36)56-16-13-40(14-17-56)12-15-55(23-41(40,44)45)21-24-2-5-27(6-3-24)57-22-25-18-26(4-8-29(25)53-57)50-37(60)30-19-49-20-33(51-30)42(46,47)48/h4,7-9,18-20,22,24,27,32H,2-3,5-6,10-17,21,23H2,1H3,(H,50,60)(H,52,59,61). The molecule has 1 unspecified atom stereocenters. The summed E-state index contributed by atoms with van der Waals surface area (Å²) in [5.41, 5.74) is -1.73. The number of aromatic nitrogens is 6. The van der Waals surface area contributed by atoms with Crippen LogP contribution in [0.3, 0.4) is 0 Å². The Balaban J connectivity index is 0.798. The molecular formula is C42H44F6N10O4. The molecule has 1 saturated carbocycles. The van der Waals surface area contributed by atoms with E-state index in [0.717, 1.165) is 37.3 Å². The molecule has 62 heavy (non-hydrogen) atoms. The molecular weight excluding hydrogens is 823 g/mol. The number of nitrogens with zero attached hydrogens (tertiary/aromatic N) is 8. The second-order valence-electron chi connectivity index (χ2n) is 17.2. The van der Waals surface area contributed by atoms with Gasteiger partial charge in [0.25, 0.3) is 11.8 Å². The van der Waals surface area contributed by atoms with Crippen LogP contribution in [-0.2, 0) is 22.8 Å². The minimum atomic E-state index is -4.74. The summed E-state index contributed by atoms with van der Waals surface area (Å²) in [7, 11) is 1.49. The molecule has 3 aliphatic heterocycles. The fourth-order valence-electron chi connectivity index (χ4n) is 10.0. The number of fused-ring (bicyclic) bond motifs is 2. The first-order valence-corrected chi connectivity index (χ1v) is 20.8. The lowest BCUT2D eigenvalue weighted by Crippen LogP contribution is -2.59. The highest BCUT2D eigenvalue weighted by Gasteiger charge is 2.57. The van der Waals surface area contributed by atoms with Gasteiger partial charge in [-0.2, -0.15) is 18.3 Å². The molecule has 2 N–H and O–H groups in total. The maximum atomic E-state index is 16.3. The van der Waals surface area contributed by atoms with Crippen molar-refractivity contribution in [1.82, 2.24) is 39.1 Å². The van der Waals surface area contributed by atoms with Crippen LogP contribution in [0.1, 0.15) is 86.1 Å². The predicted molar refractivity (Wildman–Crippen MR) is 214 cm³/mol. The Morgan fingerprint density at radius 1 is 0.968 bits per heavy atom. The molecule has 3 amide bonds. The number of nitrogens with one attached hydrogen (secondary N) is 2. The van der Waals surface area contributed by atoms with E-state index in [1.54, 1.807) is 23.1 Å². The molecule has 0 radical (unpaired) electrons. The molecule has 14 nitrogen and oxygen atoms in total. The van der Waals surface area contributed by atoms with Gasteiger partial charge in [0.1, 0.15) is 17.6 Å². The molecule has 9 rings (SSSR count). The van der Waals surface area contributed by atoms with Crippen molar-refractivity contribution in [1.29, 1.82) is 0 Å². The van der Waals surface area contributed by atoms with E-state index in [0.29, 0.717) is 42.4 Å². The Labute approximate surface area is 350 Å². The van der Waals surface area contributed by atoms with E-state index < -0.39 is 64.2 Å². The van der Waals surface area contributed by atoms with Gasteiger partial charge >= 0.3 is 11.9 Å². The SMILES string of the molecule is Cn1c(=O)n(C2CCC(=O)NC2=O)c2ccc(F)c(N3CCC4(CCN(CC5CCC(n6cc7cc(NC(=O)c8cncc(C(F)(F)F)n8)ccc7n6)CC5)CC4(F)F)CC3)c21. The second-order valence-corrected chi connectivity index (χ2v) is 17.2. The third-order valence-electron chi connectivity index (χ3n) is 13.5. The van der Waals surface area contributed by atoms with E-state index in [-0.39, 0.29) is 68.5 Å². The number of imide groups is 1. The Kier molecular flexibility index (Phi) is 10.4. The maximum absolute atomic E-state index is 16.3. The lowest BCUT2D eigenvalue weighted by Gasteiger charge is -2.52. The van der Waals surface area contributed by atoms with Gasteiger partial charge in [-0.15, -0.1) is 0 Å². The number of imidazole rings is 1. The van der Waals surface area contributed by atoms with E-state index in [4.69, 9.17) is 5.10 Å². The molecule has 4 aliphatic rings. The normalized spacial score (nSPS) is 23.3. The molecule has 3 aromatic heterocycles. The van der Waals surface area contributed by atoms with Crippen LogP contribution in [0, 0.1) is 17.2 Å². The minimum absolute atomic E-state index is 0.0612. The highest BCUT2D eigenvalue weighted by atomic mass is 19.4. The molecule has 3 saturated heterocycles. The highest BCUT2D eigenvalue weighted by Crippen LogP contribution is 2.52. The van der Waals surface area contributed by atoms with E-state index in [9.17, 15) is 32.3 Å². The van der Waals surface area contributed by atoms with Crippen molar-refractivity contribution in [2.45, 2.75) is 82.0 Å². The molecule has 4 fully saturated rings. The lowest BCUT2D eigenvalue weighted by molar-refractivity contribution is -0.179. The van der Waals surface area contributed by atoms with Gasteiger partial charge in [0.2, 0.25) is 11.8 Å². The topological polar surface area (TPSA) is 152 Å². The summed E-state index contributed by atoms with van der Waals surface area (Å²) in [5.74, 6) is -5.20. The largest absolute Gasteiger partial charge is 0.434 e. The number of carbonyl (C=O) groups excluding carboxylic acids is 3. The summed E-state index contributed by atoms with van der Waals surface area (Å²) >= 11 is 0. The fraction of sp³-hybridized carbons (Fsp3) is 0.500. The number of hydrogen-bond acceptors (Lipinski definition) is 9. The van der Waals surface area contributed by atoms with Crippen LogP contribution in [0.4, 0.5) is 37.7 Å². The monoisotopic (exact) mass is 866 g/mol. The van der Waals surface area contributed by atoms with Gasteiger partial charge in [0.05, 0.1) is 47.2 Å². The van der Waals surface area contributed by atoms with E-state index in [2.05, 4.69) is 20.6 Å². The molecule has 1 atom stereocenters. The van der Waals surface area contributed by atoms with Crippen molar-refractivity contribution >= 4 is 51.0 Å². The van der Waals surface area contributed by atoms with Crippen LogP contribution >= 0.6 is 0 Å². The van der Waals surface area contributed by atoms with Gasteiger partial charge in [-0.3, -0.25) is 43.4 Å². The van der Waals surface area contributed by atoms with Gasteiger partial charge in [-0.05, 0) is 94.2 Å². The van der Waals surface area contributed by atoms with Crippen LogP contribution in [0.2, 0.25) is 0 Å². The van der Waals surface area contributed by atoms with Gasteiger partial charge in [0.15, 0.2) is 5.69 Å². The molecule has 1 spiro atoms. The van der Waals surface area contributed by atoms with Crippen molar-refractivity contribution in [3.63, 3.8) is 0 Å². The van der Waals surface area contributed by atoms with Gasteiger partial charge < -0.3 is 10.2 Å². The predicted octanol–water partition coefficient (Wildman–Crippen LogP) is 6.23. The van der Waals surface area contributed by atoms with Crippen molar-refractivity contribution in [2.75, 3.05) is 42.9 Å². The van der Waals surface area contributed by atoms with Crippen LogP contribution in [-0.4, -0.2) is 90.2 Å². The first kappa shape index (κ1) is 41.6. The second kappa shape index (κ2) is 15.5. The van der Waals surface area contributed by atoms with E-state index >= 15 is 13.2 Å². The van der Waals surface area contributed by atoms with Crippen molar-refractivity contribution in [3.05, 3.63) is 76.6 Å². The van der Waals surface area contributed by atoms with Crippen molar-refractivity contribution in [2.24, 2.45) is 18.4 Å². The van der Waals surface area contributed by atoms with Crippen molar-refractivity contribution < 1.29 is 40.7 Å². The van der Waals surface area contributed by atoms with E-state index in [1.165, 1.54) is 28.3 Å². The smallest absolute Gasteiger partial charge is 0.367 e. The lowest BCUT2D eigenvalue weighted by atomic mass is 9.68. The summed E-state index contributed by atoms with van der Waals surface area (Å²) < 4.78 is 91.9. The molecule has 1 aliphatic carbocycles. The number of hydrogen-bond donors (Lipinski definition) is 2. The zero-order valence-corrected chi connectivity index (χ0v) is 33.7. The van der Waals surface area contributed by atoms with Crippen LogP contribution in [0.5, 0.6) is 0 Å². The molecule has 6 heterocycles. The summed E-state index contributed by atoms with van der Waals surface area (Å²) in [5, 5.41) is 10.3. The van der Waals surface area contributed by atoms with Crippen LogP contribution in [0.15, 0.2) is 53.7 Å². The zero-order chi connectivity index (χ0) is 43.7. The van der Waals surface area contributed by atoms with Gasteiger partial charge in [-0.25, -0.2) is 22.9 Å². The number of piperidine rings is 3. The zero-order valence-electron chi connectivity index (χ0n) is 33.7. The Bertz CT molecular complexity index is 2640. The Morgan fingerprint density at radius 3 is 2.42 bits per heavy atom. The Morgan fingerprint density at radius 2 is 1.71 bits per heavy atom. The summed E-state index contributed by atoms with van der Waals surface area (Å²) in [6.45, 7) is 1.05. The number of amides is 3. The van der Waals surface area contributed by atoms with Crippen LogP contribution in [0.25, 0.3) is 21.9 Å². The molecule has 5 aromatic rings. The average molecular weight is 867 g/mol. The number of anilines is 2. The number of halogens is 6. The first-order valence-electron chi connectivity index (χ1n) is 20.8. The maximum Gasteiger partial charge on any atom is 0.434 e. The van der Waals surface area contributed by atoms with Crippen molar-refractivity contribution in [3.8, 4) is 0 Å². The number of benzene rings is 2. The summed E-state index contributed by atoms with van der Waals surface area (Å²) in [4.78, 5) is 61.1. The van der Waals surface area contributed by atoms with E-state index in [1.807, 2.05) is 15.8 Å². The molecule has 2 aromatic carbocycles. The highest BCUT2D eigenvalue weighted by molar-refractivity contribution is 6.03. The number of alkyl halides is 5. The first-order chi connectivity index (χ1) is 29.5. The number of rotatable bonds is 7. The van der Waals surface area contributed by atoms with Crippen LogP contribution < -0.4 is 21.2 Å². The summed E-state index contributed by atoms with van der Waals surface area (Å²) in [6, 6.07) is 6.82. The fourth-order valence-corrected chi connectivity index (χ4v) is 10.0.